The van der Waals surface area contributed by atoms with Crippen molar-refractivity contribution in [1.29, 1.82) is 0 Å². The standard InChI is InChI=1S/C17H22FNO2/c1-2-16-13-21-10-8-19(16)12-14-6-7-17(18)15(11-14)5-3-4-9-20/h6-7,11,16,20H,2,4,8-10,12-13H2,1H3. The van der Waals surface area contributed by atoms with E-state index in [2.05, 4.69) is 23.7 Å². The summed E-state index contributed by atoms with van der Waals surface area (Å²) in [7, 11) is 0. The second kappa shape index (κ2) is 8.14. The number of ether oxygens (including phenoxy) is 1. The van der Waals surface area contributed by atoms with Gasteiger partial charge in [0.05, 0.1) is 25.4 Å². The Kier molecular flexibility index (Phi) is 6.19. The predicted octanol–water partition coefficient (Wildman–Crippen LogP) is 2.17. The monoisotopic (exact) mass is 291 g/mol. The number of halogens is 1. The van der Waals surface area contributed by atoms with Crippen molar-refractivity contribution in [3.05, 3.63) is 35.1 Å². The summed E-state index contributed by atoms with van der Waals surface area (Å²) in [4.78, 5) is 2.38. The van der Waals surface area contributed by atoms with Gasteiger partial charge in [0.2, 0.25) is 0 Å². The number of nitrogens with zero attached hydrogens (tertiary/aromatic N) is 1. The molecule has 4 heteroatoms. The van der Waals surface area contributed by atoms with E-state index in [4.69, 9.17) is 9.84 Å². The summed E-state index contributed by atoms with van der Waals surface area (Å²) in [6.45, 7) is 5.36. The molecule has 1 heterocycles. The summed E-state index contributed by atoms with van der Waals surface area (Å²) in [5.41, 5.74) is 1.47. The third kappa shape index (κ3) is 4.53. The van der Waals surface area contributed by atoms with E-state index in [1.807, 2.05) is 12.1 Å². The Labute approximate surface area is 125 Å². The van der Waals surface area contributed by atoms with Crippen LogP contribution >= 0.6 is 0 Å². The Bertz CT molecular complexity index is 521. The zero-order valence-electron chi connectivity index (χ0n) is 12.4. The molecule has 0 aromatic heterocycles. The van der Waals surface area contributed by atoms with Crippen LogP contribution in [0.4, 0.5) is 4.39 Å². The second-order valence-electron chi connectivity index (χ2n) is 5.20. The second-order valence-corrected chi connectivity index (χ2v) is 5.20. The maximum absolute atomic E-state index is 13.7. The number of hydrogen-bond acceptors (Lipinski definition) is 3. The van der Waals surface area contributed by atoms with Crippen LogP contribution in [0.15, 0.2) is 18.2 Å². The highest BCUT2D eigenvalue weighted by Gasteiger charge is 2.21. The Balaban J connectivity index is 2.09. The van der Waals surface area contributed by atoms with Crippen molar-refractivity contribution in [2.45, 2.75) is 32.4 Å². The fourth-order valence-electron chi connectivity index (χ4n) is 2.49. The summed E-state index contributed by atoms with van der Waals surface area (Å²) in [5.74, 6) is 5.25. The molecule has 1 aromatic rings. The van der Waals surface area contributed by atoms with Gasteiger partial charge in [0.1, 0.15) is 5.82 Å². The maximum Gasteiger partial charge on any atom is 0.138 e. The molecule has 2 rings (SSSR count). The number of benzene rings is 1. The molecule has 1 N–H and O–H groups in total. The van der Waals surface area contributed by atoms with Crippen LogP contribution in [0.3, 0.4) is 0 Å². The molecule has 1 unspecified atom stereocenters. The van der Waals surface area contributed by atoms with Gasteiger partial charge in [-0.3, -0.25) is 4.90 Å². The number of hydrogen-bond donors (Lipinski definition) is 1. The lowest BCUT2D eigenvalue weighted by Crippen LogP contribution is -2.44. The van der Waals surface area contributed by atoms with Crippen LogP contribution in [0.5, 0.6) is 0 Å². The molecule has 1 saturated heterocycles. The SMILES string of the molecule is CCC1COCCN1Cc1ccc(F)c(C#CCCO)c1. The van der Waals surface area contributed by atoms with E-state index < -0.39 is 0 Å². The molecule has 114 valence electrons. The van der Waals surface area contributed by atoms with Crippen LogP contribution in [0.1, 0.15) is 30.9 Å². The summed E-state index contributed by atoms with van der Waals surface area (Å²) in [5, 5.41) is 8.73. The van der Waals surface area contributed by atoms with E-state index >= 15 is 0 Å². The quantitative estimate of drug-likeness (QED) is 0.863. The number of aliphatic hydroxyl groups is 1. The van der Waals surface area contributed by atoms with Crippen molar-refractivity contribution < 1.29 is 14.2 Å². The zero-order valence-corrected chi connectivity index (χ0v) is 12.4. The summed E-state index contributed by atoms with van der Waals surface area (Å²) >= 11 is 0. The van der Waals surface area contributed by atoms with Crippen molar-refractivity contribution in [2.24, 2.45) is 0 Å². The van der Waals surface area contributed by atoms with Gasteiger partial charge < -0.3 is 9.84 Å². The van der Waals surface area contributed by atoms with Crippen molar-refractivity contribution in [1.82, 2.24) is 4.90 Å². The van der Waals surface area contributed by atoms with Gasteiger partial charge in [0.25, 0.3) is 0 Å². The van der Waals surface area contributed by atoms with Crippen LogP contribution in [0.2, 0.25) is 0 Å². The topological polar surface area (TPSA) is 32.7 Å². The van der Waals surface area contributed by atoms with Crippen LogP contribution in [0, 0.1) is 17.7 Å². The van der Waals surface area contributed by atoms with Gasteiger partial charge in [-0.25, -0.2) is 4.39 Å². The summed E-state index contributed by atoms with van der Waals surface area (Å²) in [6.07, 6.45) is 1.41. The first-order valence-electron chi connectivity index (χ1n) is 7.44. The van der Waals surface area contributed by atoms with E-state index in [0.717, 1.165) is 38.3 Å². The number of morpholine rings is 1. The molecular formula is C17H22FNO2. The lowest BCUT2D eigenvalue weighted by molar-refractivity contribution is -0.0127. The summed E-state index contributed by atoms with van der Waals surface area (Å²) < 4.78 is 19.2. The predicted molar refractivity (Wildman–Crippen MR) is 80.3 cm³/mol. The first-order chi connectivity index (χ1) is 10.2. The lowest BCUT2D eigenvalue weighted by Gasteiger charge is -2.35. The maximum atomic E-state index is 13.7. The molecule has 1 aliphatic rings. The molecule has 0 bridgehead atoms. The number of rotatable bonds is 4. The van der Waals surface area contributed by atoms with Crippen LogP contribution < -0.4 is 0 Å². The third-order valence-electron chi connectivity index (χ3n) is 3.70. The van der Waals surface area contributed by atoms with E-state index in [-0.39, 0.29) is 12.4 Å². The fourth-order valence-corrected chi connectivity index (χ4v) is 2.49. The van der Waals surface area contributed by atoms with Crippen molar-refractivity contribution in [2.75, 3.05) is 26.4 Å². The molecule has 3 nitrogen and oxygen atoms in total. The van der Waals surface area contributed by atoms with Crippen LogP contribution in [-0.2, 0) is 11.3 Å². The minimum Gasteiger partial charge on any atom is -0.395 e. The van der Waals surface area contributed by atoms with E-state index in [1.165, 1.54) is 6.07 Å². The van der Waals surface area contributed by atoms with Crippen molar-refractivity contribution in [3.63, 3.8) is 0 Å². The van der Waals surface area contributed by atoms with Gasteiger partial charge >= 0.3 is 0 Å². The molecule has 1 aliphatic heterocycles. The van der Waals surface area contributed by atoms with E-state index in [0.29, 0.717) is 18.0 Å². The molecule has 0 spiro atoms. The molecule has 0 radical (unpaired) electrons. The lowest BCUT2D eigenvalue weighted by atomic mass is 10.1. The minimum atomic E-state index is -0.307. The Morgan fingerprint density at radius 1 is 1.48 bits per heavy atom. The highest BCUT2D eigenvalue weighted by molar-refractivity contribution is 5.38. The van der Waals surface area contributed by atoms with Gasteiger partial charge in [0.15, 0.2) is 0 Å². The van der Waals surface area contributed by atoms with Gasteiger partial charge in [-0.05, 0) is 24.1 Å². The van der Waals surface area contributed by atoms with E-state index in [9.17, 15) is 4.39 Å². The summed E-state index contributed by atoms with van der Waals surface area (Å²) in [6, 6.07) is 5.52. The Hall–Kier alpha value is -1.41. The Morgan fingerprint density at radius 2 is 2.33 bits per heavy atom. The molecule has 1 aromatic carbocycles. The van der Waals surface area contributed by atoms with Crippen LogP contribution in [-0.4, -0.2) is 42.4 Å². The highest BCUT2D eigenvalue weighted by atomic mass is 19.1. The first kappa shape index (κ1) is 16.0. The normalized spacial score (nSPS) is 19.1. The van der Waals surface area contributed by atoms with Gasteiger partial charge in [-0.1, -0.05) is 24.8 Å². The number of aliphatic hydroxyl groups excluding tert-OH is 1. The molecular weight excluding hydrogens is 269 g/mol. The average Bonchev–Trinajstić information content (AvgIpc) is 2.51. The zero-order chi connectivity index (χ0) is 15.1. The molecule has 21 heavy (non-hydrogen) atoms. The average molecular weight is 291 g/mol. The highest BCUT2D eigenvalue weighted by Crippen LogP contribution is 2.17. The van der Waals surface area contributed by atoms with Gasteiger partial charge in [-0.2, -0.15) is 0 Å². The van der Waals surface area contributed by atoms with Crippen LogP contribution in [0.25, 0.3) is 0 Å². The first-order valence-corrected chi connectivity index (χ1v) is 7.44. The van der Waals surface area contributed by atoms with Crippen molar-refractivity contribution >= 4 is 0 Å². The molecule has 1 atom stereocenters. The van der Waals surface area contributed by atoms with E-state index in [1.54, 1.807) is 0 Å². The third-order valence-corrected chi connectivity index (χ3v) is 3.70. The minimum absolute atomic E-state index is 0.000265. The molecule has 0 aliphatic carbocycles. The fraction of sp³-hybridized carbons (Fsp3) is 0.529. The molecule has 0 amide bonds. The van der Waals surface area contributed by atoms with Gasteiger partial charge in [0, 0.05) is 25.6 Å². The van der Waals surface area contributed by atoms with Crippen molar-refractivity contribution in [3.8, 4) is 11.8 Å². The Morgan fingerprint density at radius 3 is 3.10 bits per heavy atom. The largest absolute Gasteiger partial charge is 0.395 e. The van der Waals surface area contributed by atoms with Gasteiger partial charge in [-0.15, -0.1) is 0 Å². The molecule has 0 saturated carbocycles. The molecule has 1 fully saturated rings. The smallest absolute Gasteiger partial charge is 0.138 e.